The van der Waals surface area contributed by atoms with Gasteiger partial charge in [-0.1, -0.05) is 26.2 Å². The molecule has 0 aliphatic heterocycles. The molecule has 4 nitrogen and oxygen atoms in total. The van der Waals surface area contributed by atoms with Gasteiger partial charge in [-0.3, -0.25) is 0 Å². The van der Waals surface area contributed by atoms with E-state index in [1.165, 1.54) is 32.1 Å². The smallest absolute Gasteiger partial charge is 0.141 e. The van der Waals surface area contributed by atoms with Gasteiger partial charge in [0.25, 0.3) is 0 Å². The van der Waals surface area contributed by atoms with Crippen LogP contribution >= 0.6 is 0 Å². The molecule has 16 heavy (non-hydrogen) atoms. The SMILES string of the molecule is CCC1CCCC(n2ncnc2CNC)C1. The number of nitrogens with zero attached hydrogens (tertiary/aromatic N) is 3. The highest BCUT2D eigenvalue weighted by molar-refractivity contribution is 4.89. The summed E-state index contributed by atoms with van der Waals surface area (Å²) >= 11 is 0. The van der Waals surface area contributed by atoms with Gasteiger partial charge >= 0.3 is 0 Å². The summed E-state index contributed by atoms with van der Waals surface area (Å²) in [5.74, 6) is 1.95. The Morgan fingerprint density at radius 3 is 3.12 bits per heavy atom. The van der Waals surface area contributed by atoms with Crippen LogP contribution in [-0.2, 0) is 6.54 Å². The first-order chi connectivity index (χ1) is 7.85. The lowest BCUT2D eigenvalue weighted by molar-refractivity contribution is 0.242. The molecule has 2 atom stereocenters. The molecule has 1 aliphatic carbocycles. The van der Waals surface area contributed by atoms with E-state index in [0.717, 1.165) is 18.3 Å². The van der Waals surface area contributed by atoms with E-state index < -0.39 is 0 Å². The molecule has 1 saturated carbocycles. The normalized spacial score (nSPS) is 25.9. The predicted molar refractivity (Wildman–Crippen MR) is 64.1 cm³/mol. The summed E-state index contributed by atoms with van der Waals surface area (Å²) in [6.07, 6.45) is 8.24. The van der Waals surface area contributed by atoms with Crippen LogP contribution in [0.5, 0.6) is 0 Å². The third-order valence-corrected chi connectivity index (χ3v) is 3.66. The lowest BCUT2D eigenvalue weighted by Gasteiger charge is -2.29. The van der Waals surface area contributed by atoms with Crippen molar-refractivity contribution < 1.29 is 0 Å². The van der Waals surface area contributed by atoms with Crippen LogP contribution in [0.3, 0.4) is 0 Å². The van der Waals surface area contributed by atoms with Gasteiger partial charge in [0.05, 0.1) is 12.6 Å². The largest absolute Gasteiger partial charge is 0.313 e. The van der Waals surface area contributed by atoms with E-state index in [9.17, 15) is 0 Å². The zero-order valence-corrected chi connectivity index (χ0v) is 10.3. The molecule has 0 amide bonds. The van der Waals surface area contributed by atoms with Crippen molar-refractivity contribution in [2.24, 2.45) is 5.92 Å². The molecular weight excluding hydrogens is 200 g/mol. The minimum Gasteiger partial charge on any atom is -0.313 e. The molecule has 1 aliphatic rings. The molecule has 2 unspecified atom stereocenters. The van der Waals surface area contributed by atoms with Crippen LogP contribution in [0, 0.1) is 5.92 Å². The molecule has 1 heterocycles. The number of hydrogen-bond donors (Lipinski definition) is 1. The average Bonchev–Trinajstić information content (AvgIpc) is 2.78. The van der Waals surface area contributed by atoms with Crippen molar-refractivity contribution in [3.63, 3.8) is 0 Å². The van der Waals surface area contributed by atoms with Crippen LogP contribution in [0.1, 0.15) is 50.9 Å². The maximum Gasteiger partial charge on any atom is 0.141 e. The molecule has 4 heteroatoms. The number of hydrogen-bond acceptors (Lipinski definition) is 3. The van der Waals surface area contributed by atoms with Gasteiger partial charge in [0.2, 0.25) is 0 Å². The van der Waals surface area contributed by atoms with Crippen LogP contribution in [0.25, 0.3) is 0 Å². The van der Waals surface area contributed by atoms with Gasteiger partial charge in [-0.25, -0.2) is 9.67 Å². The lowest BCUT2D eigenvalue weighted by Crippen LogP contribution is -2.23. The first kappa shape index (κ1) is 11.6. The maximum absolute atomic E-state index is 4.39. The lowest BCUT2D eigenvalue weighted by atomic mass is 9.84. The van der Waals surface area contributed by atoms with Gasteiger partial charge in [-0.05, 0) is 25.8 Å². The van der Waals surface area contributed by atoms with Crippen molar-refractivity contribution in [2.75, 3.05) is 7.05 Å². The quantitative estimate of drug-likeness (QED) is 0.848. The van der Waals surface area contributed by atoms with Crippen molar-refractivity contribution in [1.29, 1.82) is 0 Å². The molecule has 0 spiro atoms. The van der Waals surface area contributed by atoms with Gasteiger partial charge in [0.15, 0.2) is 0 Å². The highest BCUT2D eigenvalue weighted by Gasteiger charge is 2.24. The molecule has 1 aromatic rings. The highest BCUT2D eigenvalue weighted by atomic mass is 15.4. The summed E-state index contributed by atoms with van der Waals surface area (Å²) in [6.45, 7) is 3.11. The van der Waals surface area contributed by atoms with Crippen molar-refractivity contribution in [3.05, 3.63) is 12.2 Å². The molecule has 1 fully saturated rings. The van der Waals surface area contributed by atoms with Gasteiger partial charge in [-0.15, -0.1) is 0 Å². The van der Waals surface area contributed by atoms with E-state index in [0.29, 0.717) is 6.04 Å². The van der Waals surface area contributed by atoms with Crippen LogP contribution in [0.2, 0.25) is 0 Å². The Morgan fingerprint density at radius 1 is 1.50 bits per heavy atom. The van der Waals surface area contributed by atoms with E-state index in [4.69, 9.17) is 0 Å². The first-order valence-corrected chi connectivity index (χ1v) is 6.38. The van der Waals surface area contributed by atoms with E-state index in [1.807, 2.05) is 7.05 Å². The maximum atomic E-state index is 4.39. The second kappa shape index (κ2) is 5.43. The Bertz CT molecular complexity index is 321. The average molecular weight is 222 g/mol. The standard InChI is InChI=1S/C12H22N4/c1-3-10-5-4-6-11(7-10)16-12(8-13-2)14-9-15-16/h9-11,13H,3-8H2,1-2H3. The van der Waals surface area contributed by atoms with Gasteiger partial charge in [0, 0.05) is 0 Å². The summed E-state index contributed by atoms with van der Waals surface area (Å²) in [5.41, 5.74) is 0. The minimum absolute atomic E-state index is 0.574. The number of rotatable bonds is 4. The summed E-state index contributed by atoms with van der Waals surface area (Å²) in [7, 11) is 1.95. The fourth-order valence-electron chi connectivity index (χ4n) is 2.72. The first-order valence-electron chi connectivity index (χ1n) is 6.38. The fourth-order valence-corrected chi connectivity index (χ4v) is 2.72. The summed E-state index contributed by atoms with van der Waals surface area (Å²) < 4.78 is 2.14. The molecule has 0 saturated heterocycles. The van der Waals surface area contributed by atoms with Crippen LogP contribution in [0.4, 0.5) is 0 Å². The van der Waals surface area contributed by atoms with Crippen molar-refractivity contribution in [1.82, 2.24) is 20.1 Å². The summed E-state index contributed by atoms with van der Waals surface area (Å²) in [6, 6.07) is 0.574. The Kier molecular flexibility index (Phi) is 3.93. The third-order valence-electron chi connectivity index (χ3n) is 3.66. The zero-order valence-electron chi connectivity index (χ0n) is 10.3. The van der Waals surface area contributed by atoms with E-state index in [2.05, 4.69) is 27.0 Å². The molecule has 1 aromatic heterocycles. The molecule has 1 N–H and O–H groups in total. The van der Waals surface area contributed by atoms with Gasteiger partial charge in [0.1, 0.15) is 12.2 Å². The van der Waals surface area contributed by atoms with E-state index in [1.54, 1.807) is 6.33 Å². The monoisotopic (exact) mass is 222 g/mol. The molecule has 90 valence electrons. The van der Waals surface area contributed by atoms with Gasteiger partial charge < -0.3 is 5.32 Å². The van der Waals surface area contributed by atoms with Crippen molar-refractivity contribution >= 4 is 0 Å². The highest BCUT2D eigenvalue weighted by Crippen LogP contribution is 2.33. The number of nitrogens with one attached hydrogen (secondary N) is 1. The second-order valence-electron chi connectivity index (χ2n) is 4.75. The molecule has 2 rings (SSSR count). The Labute approximate surface area is 97.5 Å². The van der Waals surface area contributed by atoms with Crippen molar-refractivity contribution in [3.8, 4) is 0 Å². The van der Waals surface area contributed by atoms with Gasteiger partial charge in [-0.2, -0.15) is 5.10 Å². The van der Waals surface area contributed by atoms with Crippen LogP contribution < -0.4 is 5.32 Å². The Balaban J connectivity index is 2.07. The number of aromatic nitrogens is 3. The second-order valence-corrected chi connectivity index (χ2v) is 4.75. The third kappa shape index (κ3) is 2.43. The van der Waals surface area contributed by atoms with Crippen LogP contribution in [0.15, 0.2) is 6.33 Å². The van der Waals surface area contributed by atoms with E-state index in [-0.39, 0.29) is 0 Å². The van der Waals surface area contributed by atoms with E-state index >= 15 is 0 Å². The van der Waals surface area contributed by atoms with Crippen LogP contribution in [-0.4, -0.2) is 21.8 Å². The molecule has 0 radical (unpaired) electrons. The predicted octanol–water partition coefficient (Wildman–Crippen LogP) is 2.14. The van der Waals surface area contributed by atoms with Crippen molar-refractivity contribution in [2.45, 2.75) is 51.6 Å². The molecule has 0 bridgehead atoms. The zero-order chi connectivity index (χ0) is 11.4. The fraction of sp³-hybridized carbons (Fsp3) is 0.833. The summed E-state index contributed by atoms with van der Waals surface area (Å²) in [5, 5.41) is 7.54. The minimum atomic E-state index is 0.574. The molecular formula is C12H22N4. The Morgan fingerprint density at radius 2 is 2.38 bits per heavy atom. The Hall–Kier alpha value is -0.900. The molecule has 0 aromatic carbocycles. The summed E-state index contributed by atoms with van der Waals surface area (Å²) in [4.78, 5) is 4.32. The topological polar surface area (TPSA) is 42.7 Å².